The van der Waals surface area contributed by atoms with Gasteiger partial charge in [-0.1, -0.05) is 49.1 Å². The van der Waals surface area contributed by atoms with Crippen molar-refractivity contribution in [2.24, 2.45) is 17.3 Å². The Morgan fingerprint density at radius 2 is 2.00 bits per heavy atom. The molecule has 0 amide bonds. The minimum Gasteiger partial charge on any atom is -0.457 e. The number of hydrogen-bond donors (Lipinski definition) is 0. The molecule has 1 saturated heterocycles. The first-order chi connectivity index (χ1) is 10.2. The van der Waals surface area contributed by atoms with Crippen molar-refractivity contribution in [2.75, 3.05) is 0 Å². The lowest BCUT2D eigenvalue weighted by Crippen LogP contribution is -2.45. The van der Waals surface area contributed by atoms with E-state index in [4.69, 9.17) is 4.74 Å². The van der Waals surface area contributed by atoms with E-state index in [-0.39, 0.29) is 23.9 Å². The SMILES string of the molecule is C=CC1CC2(C#N)C(=O)OC(C=C)C1C2c1ccccc1. The molecule has 0 spiro atoms. The second-order valence-electron chi connectivity index (χ2n) is 5.76. The molecule has 1 heterocycles. The van der Waals surface area contributed by atoms with Crippen molar-refractivity contribution < 1.29 is 9.53 Å². The molecule has 2 aliphatic rings. The molecule has 2 fully saturated rings. The monoisotopic (exact) mass is 279 g/mol. The van der Waals surface area contributed by atoms with Crippen molar-refractivity contribution >= 4 is 5.97 Å². The number of rotatable bonds is 3. The van der Waals surface area contributed by atoms with E-state index < -0.39 is 11.4 Å². The molecule has 21 heavy (non-hydrogen) atoms. The third-order valence-corrected chi connectivity index (χ3v) is 4.85. The molecule has 3 nitrogen and oxygen atoms in total. The zero-order valence-electron chi connectivity index (χ0n) is 11.7. The first-order valence-corrected chi connectivity index (χ1v) is 7.10. The smallest absolute Gasteiger partial charge is 0.327 e. The van der Waals surface area contributed by atoms with Gasteiger partial charge in [-0.25, -0.2) is 0 Å². The molecule has 0 N–H and O–H groups in total. The van der Waals surface area contributed by atoms with Gasteiger partial charge in [-0.2, -0.15) is 5.26 Å². The van der Waals surface area contributed by atoms with Crippen molar-refractivity contribution in [3.05, 3.63) is 61.2 Å². The maximum Gasteiger partial charge on any atom is 0.327 e. The quantitative estimate of drug-likeness (QED) is 0.630. The minimum atomic E-state index is -1.11. The number of ether oxygens (including phenoxy) is 1. The van der Waals surface area contributed by atoms with Gasteiger partial charge < -0.3 is 4.74 Å². The lowest BCUT2D eigenvalue weighted by molar-refractivity contribution is -0.164. The molecule has 1 aromatic rings. The Morgan fingerprint density at radius 3 is 2.57 bits per heavy atom. The number of esters is 1. The van der Waals surface area contributed by atoms with E-state index >= 15 is 0 Å². The molecule has 1 aliphatic carbocycles. The fourth-order valence-electron chi connectivity index (χ4n) is 3.94. The summed E-state index contributed by atoms with van der Waals surface area (Å²) in [5.74, 6) is -0.496. The van der Waals surface area contributed by atoms with Crippen molar-refractivity contribution in [1.82, 2.24) is 0 Å². The number of benzene rings is 1. The molecule has 3 rings (SSSR count). The molecule has 5 atom stereocenters. The molecule has 1 saturated carbocycles. The van der Waals surface area contributed by atoms with Crippen molar-refractivity contribution in [3.63, 3.8) is 0 Å². The summed E-state index contributed by atoms with van der Waals surface area (Å²) >= 11 is 0. The maximum atomic E-state index is 12.5. The van der Waals surface area contributed by atoms with Gasteiger partial charge in [0.05, 0.1) is 6.07 Å². The van der Waals surface area contributed by atoms with Gasteiger partial charge in [0, 0.05) is 11.8 Å². The number of carbonyl (C=O) groups excluding carboxylic acids is 1. The summed E-state index contributed by atoms with van der Waals surface area (Å²) < 4.78 is 5.47. The first kappa shape index (κ1) is 13.6. The number of cyclic esters (lactones) is 1. The Morgan fingerprint density at radius 1 is 1.29 bits per heavy atom. The predicted molar refractivity (Wildman–Crippen MR) is 79.1 cm³/mol. The summed E-state index contributed by atoms with van der Waals surface area (Å²) in [6.07, 6.45) is 3.62. The van der Waals surface area contributed by atoms with Crippen LogP contribution in [-0.2, 0) is 9.53 Å². The molecule has 3 heteroatoms. The van der Waals surface area contributed by atoms with Crippen molar-refractivity contribution in [3.8, 4) is 6.07 Å². The van der Waals surface area contributed by atoms with E-state index in [1.54, 1.807) is 6.08 Å². The summed E-state index contributed by atoms with van der Waals surface area (Å²) in [7, 11) is 0. The van der Waals surface area contributed by atoms with Crippen LogP contribution in [0, 0.1) is 28.6 Å². The molecular formula is C18H17NO2. The van der Waals surface area contributed by atoms with Crippen LogP contribution in [0.25, 0.3) is 0 Å². The molecule has 0 radical (unpaired) electrons. The van der Waals surface area contributed by atoms with E-state index in [1.165, 1.54) is 0 Å². The summed E-state index contributed by atoms with van der Waals surface area (Å²) in [4.78, 5) is 12.5. The highest BCUT2D eigenvalue weighted by Crippen LogP contribution is 2.60. The number of nitriles is 1. The van der Waals surface area contributed by atoms with Gasteiger partial charge >= 0.3 is 5.97 Å². The molecule has 0 aromatic heterocycles. The largest absolute Gasteiger partial charge is 0.457 e. The summed E-state index contributed by atoms with van der Waals surface area (Å²) in [6, 6.07) is 12.0. The van der Waals surface area contributed by atoms with E-state index in [2.05, 4.69) is 19.2 Å². The molecule has 1 aliphatic heterocycles. The second kappa shape index (κ2) is 4.89. The van der Waals surface area contributed by atoms with Gasteiger partial charge in [0.15, 0.2) is 5.41 Å². The fraction of sp³-hybridized carbons (Fsp3) is 0.333. The van der Waals surface area contributed by atoms with E-state index in [9.17, 15) is 10.1 Å². The normalized spacial score (nSPS) is 37.4. The van der Waals surface area contributed by atoms with Crippen LogP contribution in [0.2, 0.25) is 0 Å². The number of hydrogen-bond acceptors (Lipinski definition) is 3. The summed E-state index contributed by atoms with van der Waals surface area (Å²) in [5, 5.41) is 9.73. The number of allylic oxidation sites excluding steroid dienone is 1. The van der Waals surface area contributed by atoms with Crippen LogP contribution in [0.15, 0.2) is 55.6 Å². The molecule has 1 aromatic carbocycles. The number of fused-ring (bicyclic) bond motifs is 2. The van der Waals surface area contributed by atoms with E-state index in [0.29, 0.717) is 6.42 Å². The highest BCUT2D eigenvalue weighted by atomic mass is 16.5. The fourth-order valence-corrected chi connectivity index (χ4v) is 3.94. The van der Waals surface area contributed by atoms with Crippen LogP contribution in [0.1, 0.15) is 17.9 Å². The highest BCUT2D eigenvalue weighted by Gasteiger charge is 2.64. The highest BCUT2D eigenvalue weighted by molar-refractivity contribution is 5.84. The molecule has 5 unspecified atom stereocenters. The van der Waals surface area contributed by atoms with Crippen LogP contribution in [0.5, 0.6) is 0 Å². The average Bonchev–Trinajstić information content (AvgIpc) is 2.82. The van der Waals surface area contributed by atoms with Crippen LogP contribution < -0.4 is 0 Å². The van der Waals surface area contributed by atoms with Crippen LogP contribution in [0.4, 0.5) is 0 Å². The Bertz CT molecular complexity index is 630. The van der Waals surface area contributed by atoms with Gasteiger partial charge in [-0.15, -0.1) is 6.58 Å². The van der Waals surface area contributed by atoms with Gasteiger partial charge in [-0.3, -0.25) is 4.79 Å². The standard InChI is InChI=1S/C18H17NO2/c1-3-12-10-18(11-19)16(13-8-6-5-7-9-13)15(12)14(4-2)21-17(18)20/h3-9,12,14-16H,1-2,10H2. The van der Waals surface area contributed by atoms with Crippen LogP contribution in [0.3, 0.4) is 0 Å². The zero-order chi connectivity index (χ0) is 15.0. The second-order valence-corrected chi connectivity index (χ2v) is 5.76. The molecular weight excluding hydrogens is 262 g/mol. The first-order valence-electron chi connectivity index (χ1n) is 7.10. The number of carbonyl (C=O) groups is 1. The molecule has 2 bridgehead atoms. The van der Waals surface area contributed by atoms with Crippen LogP contribution >= 0.6 is 0 Å². The number of nitrogens with zero attached hydrogens (tertiary/aromatic N) is 1. The Hall–Kier alpha value is -2.34. The van der Waals surface area contributed by atoms with E-state index in [0.717, 1.165) is 5.56 Å². The minimum absolute atomic E-state index is 0.0275. The van der Waals surface area contributed by atoms with E-state index in [1.807, 2.05) is 36.4 Å². The maximum absolute atomic E-state index is 12.5. The summed E-state index contributed by atoms with van der Waals surface area (Å²) in [5.41, 5.74) is -0.0957. The van der Waals surface area contributed by atoms with Gasteiger partial charge in [0.25, 0.3) is 0 Å². The van der Waals surface area contributed by atoms with Gasteiger partial charge in [0.2, 0.25) is 0 Å². The third kappa shape index (κ3) is 1.76. The summed E-state index contributed by atoms with van der Waals surface area (Å²) in [6.45, 7) is 7.67. The van der Waals surface area contributed by atoms with Crippen LogP contribution in [-0.4, -0.2) is 12.1 Å². The Kier molecular flexibility index (Phi) is 3.17. The average molecular weight is 279 g/mol. The Labute approximate surface area is 124 Å². The van der Waals surface area contributed by atoms with Crippen molar-refractivity contribution in [1.29, 1.82) is 5.26 Å². The topological polar surface area (TPSA) is 50.1 Å². The third-order valence-electron chi connectivity index (χ3n) is 4.85. The Balaban J connectivity index is 2.19. The molecule has 106 valence electrons. The zero-order valence-corrected chi connectivity index (χ0v) is 11.7. The predicted octanol–water partition coefficient (Wildman–Crippen LogP) is 3.21. The lowest BCUT2D eigenvalue weighted by Gasteiger charge is -2.39. The lowest BCUT2D eigenvalue weighted by atomic mass is 9.69. The van der Waals surface area contributed by atoms with Crippen molar-refractivity contribution in [2.45, 2.75) is 18.4 Å². The van der Waals surface area contributed by atoms with Gasteiger partial charge in [0.1, 0.15) is 6.10 Å². The van der Waals surface area contributed by atoms with Gasteiger partial charge in [-0.05, 0) is 17.9 Å².